The number of guanidine groups is 2. The second kappa shape index (κ2) is 14.0. The summed E-state index contributed by atoms with van der Waals surface area (Å²) in [6, 6.07) is 0. The third-order valence-electron chi connectivity index (χ3n) is 0.407. The maximum Gasteiger partial charge on any atom is 0.231 e. The van der Waals surface area contributed by atoms with Crippen molar-refractivity contribution in [3.63, 3.8) is 0 Å². The van der Waals surface area contributed by atoms with Crippen molar-refractivity contribution in [2.24, 2.45) is 21.7 Å². The van der Waals surface area contributed by atoms with Gasteiger partial charge in [0.05, 0.1) is 0 Å². The largest absolute Gasteiger partial charge is 0.367 e. The first-order chi connectivity index (χ1) is 6.81. The Balaban J connectivity index is -0.000000144. The van der Waals surface area contributed by atoms with Gasteiger partial charge in [-0.25, -0.2) is 11.1 Å². The predicted octanol–water partition coefficient (Wildman–Crippen LogP) is -0.404. The first-order valence-corrected chi connectivity index (χ1v) is 3.20. The first kappa shape index (κ1) is 18.3. The van der Waals surface area contributed by atoms with Crippen molar-refractivity contribution in [3.8, 4) is 0 Å². The topological polar surface area (TPSA) is 206 Å². The van der Waals surface area contributed by atoms with Gasteiger partial charge in [-0.2, -0.15) is 0 Å². The Morgan fingerprint density at radius 1 is 1.13 bits per heavy atom. The molecular formula is C5H12N8O2. The van der Waals surface area contributed by atoms with Crippen LogP contribution in [0.2, 0.25) is 0 Å². The minimum Gasteiger partial charge on any atom is -0.367 e. The lowest BCUT2D eigenvalue weighted by Gasteiger charge is -1.69. The predicted molar refractivity (Wildman–Crippen MR) is 50.9 cm³/mol. The van der Waals surface area contributed by atoms with Gasteiger partial charge in [0.25, 0.3) is 0 Å². The van der Waals surface area contributed by atoms with Gasteiger partial charge >= 0.3 is 0 Å². The van der Waals surface area contributed by atoms with Gasteiger partial charge in [0.1, 0.15) is 0 Å². The Kier molecular flexibility index (Phi) is 17.1. The van der Waals surface area contributed by atoms with Crippen LogP contribution in [0.5, 0.6) is 0 Å². The van der Waals surface area contributed by atoms with Crippen LogP contribution < -0.4 is 11.5 Å². The molecule has 0 atom stereocenters. The highest BCUT2D eigenvalue weighted by molar-refractivity contribution is 6.23. The van der Waals surface area contributed by atoms with Gasteiger partial charge in [-0.15, -0.1) is 10.2 Å². The van der Waals surface area contributed by atoms with E-state index in [9.17, 15) is 4.79 Å². The molecule has 0 aromatic heterocycles. The first-order valence-electron chi connectivity index (χ1n) is 3.20. The maximum absolute atomic E-state index is 9.44. The van der Waals surface area contributed by atoms with E-state index in [1.54, 1.807) is 0 Å². The summed E-state index contributed by atoms with van der Waals surface area (Å²) in [6.45, 7) is 1.22. The molecule has 0 fully saturated rings. The van der Waals surface area contributed by atoms with Crippen LogP contribution in [0.15, 0.2) is 10.2 Å². The van der Waals surface area contributed by atoms with E-state index in [1.165, 1.54) is 6.92 Å². The normalized spacial score (nSPS) is 6.47. The fraction of sp³-hybridized carbons (Fsp3) is 0.200. The monoisotopic (exact) mass is 216 g/mol. The van der Waals surface area contributed by atoms with E-state index in [-0.39, 0.29) is 6.29 Å². The molecule has 84 valence electrons. The summed E-state index contributed by atoms with van der Waals surface area (Å²) >= 11 is 0. The van der Waals surface area contributed by atoms with Crippen LogP contribution in [0.1, 0.15) is 6.92 Å². The summed E-state index contributed by atoms with van der Waals surface area (Å²) in [5, 5.41) is 17.3. The summed E-state index contributed by atoms with van der Waals surface area (Å²) in [4.78, 5) is 18.6. The minimum atomic E-state index is -0.454. The second-order valence-electron chi connectivity index (χ2n) is 1.72. The van der Waals surface area contributed by atoms with Gasteiger partial charge in [0.2, 0.25) is 11.9 Å². The molecule has 0 aliphatic rings. The van der Waals surface area contributed by atoms with Crippen molar-refractivity contribution < 1.29 is 9.59 Å². The van der Waals surface area contributed by atoms with Crippen LogP contribution in [0.4, 0.5) is 0 Å². The zero-order chi connectivity index (χ0) is 12.9. The molecular weight excluding hydrogens is 204 g/mol. The number of Topliss-reactive ketones (excluding diaryl/α,β-unsaturated/α-hetero) is 1. The Morgan fingerprint density at radius 2 is 1.27 bits per heavy atom. The number of nitrogens with two attached hydrogens (primary N) is 2. The molecule has 0 aromatic carbocycles. The van der Waals surface area contributed by atoms with Gasteiger partial charge in [0, 0.05) is 6.92 Å². The lowest BCUT2D eigenvalue weighted by molar-refractivity contribution is -0.128. The Labute approximate surface area is 85.1 Å². The summed E-state index contributed by atoms with van der Waals surface area (Å²) in [6.07, 6.45) is 0.278. The average molecular weight is 216 g/mol. The quantitative estimate of drug-likeness (QED) is 0.113. The molecule has 10 nitrogen and oxygen atoms in total. The summed E-state index contributed by atoms with van der Waals surface area (Å²) < 4.78 is 0. The van der Waals surface area contributed by atoms with Crippen LogP contribution in [0.3, 0.4) is 0 Å². The van der Waals surface area contributed by atoms with Gasteiger partial charge in [0.15, 0.2) is 12.1 Å². The standard InChI is InChI=1S/C3H4O2.2CH4N4/c1-3(5)2-4;2*2-1(3)5-4/h2H,1H3;2*4H,(H3,2,3). The molecule has 0 saturated heterocycles. The van der Waals surface area contributed by atoms with Crippen molar-refractivity contribution in [1.29, 1.82) is 21.9 Å². The number of hydrogen-bond donors (Lipinski definition) is 6. The van der Waals surface area contributed by atoms with Crippen molar-refractivity contribution in [1.82, 2.24) is 0 Å². The minimum absolute atomic E-state index is 0.278. The van der Waals surface area contributed by atoms with Crippen LogP contribution in [0, 0.1) is 21.9 Å². The third-order valence-corrected chi connectivity index (χ3v) is 0.407. The summed E-state index contributed by atoms with van der Waals surface area (Å²) in [7, 11) is 0. The van der Waals surface area contributed by atoms with E-state index in [1.807, 2.05) is 0 Å². The fourth-order valence-electron chi connectivity index (χ4n) is 0. The Morgan fingerprint density at radius 3 is 1.27 bits per heavy atom. The molecule has 0 heterocycles. The lowest BCUT2D eigenvalue weighted by Crippen LogP contribution is -2.02. The van der Waals surface area contributed by atoms with Gasteiger partial charge < -0.3 is 11.5 Å². The van der Waals surface area contributed by atoms with Crippen molar-refractivity contribution in [2.75, 3.05) is 0 Å². The molecule has 0 aliphatic carbocycles. The smallest absolute Gasteiger partial charge is 0.231 e. The summed E-state index contributed by atoms with van der Waals surface area (Å²) in [5.74, 6) is -1.33. The van der Waals surface area contributed by atoms with E-state index in [0.29, 0.717) is 0 Å². The molecule has 0 rings (SSSR count). The highest BCUT2D eigenvalue weighted by Crippen LogP contribution is 1.51. The Hall–Kier alpha value is -2.52. The Bertz CT molecular complexity index is 217. The van der Waals surface area contributed by atoms with Crippen LogP contribution in [-0.2, 0) is 9.59 Å². The third kappa shape index (κ3) is 85.2. The van der Waals surface area contributed by atoms with Gasteiger partial charge in [-0.05, 0) is 0 Å². The van der Waals surface area contributed by atoms with E-state index < -0.39 is 17.7 Å². The molecule has 0 amide bonds. The maximum atomic E-state index is 9.44. The number of carbonyl (C=O) groups excluding carboxylic acids is 2. The van der Waals surface area contributed by atoms with Crippen molar-refractivity contribution in [2.45, 2.75) is 6.92 Å². The van der Waals surface area contributed by atoms with Crippen LogP contribution >= 0.6 is 0 Å². The number of hydrogen-bond acceptors (Lipinski definition) is 6. The number of aldehydes is 1. The molecule has 0 spiro atoms. The van der Waals surface area contributed by atoms with Gasteiger partial charge in [-0.1, -0.05) is 0 Å². The zero-order valence-corrected chi connectivity index (χ0v) is 7.94. The van der Waals surface area contributed by atoms with E-state index in [4.69, 9.17) is 26.7 Å². The van der Waals surface area contributed by atoms with Gasteiger partial charge in [-0.3, -0.25) is 20.4 Å². The van der Waals surface area contributed by atoms with Crippen molar-refractivity contribution in [3.05, 3.63) is 0 Å². The number of carbonyl (C=O) groups is 2. The lowest BCUT2D eigenvalue weighted by atomic mass is 10.5. The molecule has 0 aliphatic heterocycles. The average Bonchev–Trinajstić information content (AvgIpc) is 2.19. The summed E-state index contributed by atoms with van der Waals surface area (Å²) in [5.41, 5.74) is 20.9. The van der Waals surface area contributed by atoms with E-state index in [0.717, 1.165) is 0 Å². The van der Waals surface area contributed by atoms with Crippen molar-refractivity contribution >= 4 is 24.0 Å². The highest BCUT2D eigenvalue weighted by atomic mass is 16.2. The molecule has 0 aromatic rings. The number of nitrogens with one attached hydrogen (secondary N) is 4. The SMILES string of the molecule is CC(=O)C=O.N=NC(=N)N.N=NC(=N)N. The second-order valence-corrected chi connectivity index (χ2v) is 1.72. The number of rotatable bonds is 1. The highest BCUT2D eigenvalue weighted by Gasteiger charge is 1.76. The molecule has 15 heavy (non-hydrogen) atoms. The number of ketones is 1. The van der Waals surface area contributed by atoms with Crippen LogP contribution in [-0.4, -0.2) is 24.0 Å². The molecule has 8 N–H and O–H groups in total. The van der Waals surface area contributed by atoms with Crippen LogP contribution in [0.25, 0.3) is 0 Å². The molecule has 10 heteroatoms. The van der Waals surface area contributed by atoms with E-state index >= 15 is 0 Å². The molecule has 0 saturated carbocycles. The fourth-order valence-corrected chi connectivity index (χ4v) is 0. The molecule has 0 radical (unpaired) electrons. The van der Waals surface area contributed by atoms with E-state index in [2.05, 4.69) is 21.7 Å². The molecule has 0 unspecified atom stereocenters. The number of nitrogens with zero attached hydrogens (tertiary/aromatic N) is 2. The zero-order valence-electron chi connectivity index (χ0n) is 7.94. The molecule has 0 bridgehead atoms.